The van der Waals surface area contributed by atoms with Gasteiger partial charge in [-0.2, -0.15) is 0 Å². The maximum Gasteiger partial charge on any atom is 0.126 e. The highest BCUT2D eigenvalue weighted by molar-refractivity contribution is 8.03. The van der Waals surface area contributed by atoms with E-state index in [2.05, 4.69) is 28.4 Å². The van der Waals surface area contributed by atoms with Gasteiger partial charge in [0.2, 0.25) is 0 Å². The van der Waals surface area contributed by atoms with E-state index >= 15 is 0 Å². The number of quaternary nitrogens is 1. The zero-order chi connectivity index (χ0) is 13.0. The molecule has 19 heavy (non-hydrogen) atoms. The summed E-state index contributed by atoms with van der Waals surface area (Å²) in [6, 6.07) is 0. The molecule has 1 atom stereocenters. The number of nitrogens with zero attached hydrogens (tertiary/aromatic N) is 2. The van der Waals surface area contributed by atoms with E-state index in [0.29, 0.717) is 0 Å². The van der Waals surface area contributed by atoms with E-state index in [0.717, 1.165) is 44.8 Å². The molecule has 4 nitrogen and oxygen atoms in total. The molecule has 3 aliphatic rings. The van der Waals surface area contributed by atoms with E-state index in [1.807, 2.05) is 0 Å². The minimum Gasteiger partial charge on any atom is -0.379 e. The lowest BCUT2D eigenvalue weighted by molar-refractivity contribution is -0.918. The van der Waals surface area contributed by atoms with Crippen molar-refractivity contribution in [3.05, 3.63) is 0 Å². The van der Waals surface area contributed by atoms with Crippen LogP contribution < -0.4 is 0 Å². The summed E-state index contributed by atoms with van der Waals surface area (Å²) >= 11 is 4.30. The average Bonchev–Trinajstić information content (AvgIpc) is 2.84. The molecule has 0 aromatic rings. The predicted molar refractivity (Wildman–Crippen MR) is 81.6 cm³/mol. The van der Waals surface area contributed by atoms with E-state index in [-0.39, 0.29) is 0 Å². The third kappa shape index (κ3) is 4.02. The molecule has 3 saturated heterocycles. The molecule has 3 aliphatic heterocycles. The Hall–Kier alpha value is 0.540. The maximum atomic E-state index is 5.50. The van der Waals surface area contributed by atoms with Crippen molar-refractivity contribution in [3.8, 4) is 0 Å². The van der Waals surface area contributed by atoms with Gasteiger partial charge in [0.25, 0.3) is 0 Å². The molecule has 3 rings (SSSR count). The molecule has 110 valence electrons. The van der Waals surface area contributed by atoms with E-state index in [4.69, 9.17) is 9.47 Å². The first-order chi connectivity index (χ1) is 9.36. The van der Waals surface area contributed by atoms with Crippen molar-refractivity contribution in [1.29, 1.82) is 0 Å². The average molecular weight is 305 g/mol. The van der Waals surface area contributed by atoms with Crippen LogP contribution in [0.25, 0.3) is 0 Å². The minimum absolute atomic E-state index is 0.851. The summed E-state index contributed by atoms with van der Waals surface area (Å²) in [5, 5.41) is 0.851. The van der Waals surface area contributed by atoms with Crippen LogP contribution in [0.3, 0.4) is 0 Å². The predicted octanol–water partition coefficient (Wildman–Crippen LogP) is 0.929. The van der Waals surface area contributed by atoms with E-state index in [1.54, 1.807) is 0 Å². The Labute approximate surface area is 124 Å². The zero-order valence-corrected chi connectivity index (χ0v) is 13.2. The lowest BCUT2D eigenvalue weighted by Crippen LogP contribution is -2.53. The summed E-state index contributed by atoms with van der Waals surface area (Å²) < 4.78 is 12.2. The standard InChI is InChI=1S/C13H25N2O2S2/c1-5-16-6-2-14(1)11-18-10-13-9-15(12-19-13)3-7-17-8-4-15/h13H,1-12H2/q+1. The zero-order valence-electron chi connectivity index (χ0n) is 11.6. The summed E-state index contributed by atoms with van der Waals surface area (Å²) in [6.07, 6.45) is 0. The quantitative estimate of drug-likeness (QED) is 0.719. The molecular formula is C13H25N2O2S2+. The monoisotopic (exact) mass is 305 g/mol. The first kappa shape index (κ1) is 14.5. The van der Waals surface area contributed by atoms with Gasteiger partial charge in [-0.25, -0.2) is 0 Å². The van der Waals surface area contributed by atoms with Crippen molar-refractivity contribution < 1.29 is 14.0 Å². The van der Waals surface area contributed by atoms with Gasteiger partial charge in [0.15, 0.2) is 0 Å². The number of hydrogen-bond acceptors (Lipinski definition) is 5. The van der Waals surface area contributed by atoms with Gasteiger partial charge in [-0.15, -0.1) is 11.8 Å². The Morgan fingerprint density at radius 3 is 2.63 bits per heavy atom. The molecule has 1 unspecified atom stereocenters. The van der Waals surface area contributed by atoms with Crippen LogP contribution in [-0.4, -0.2) is 91.3 Å². The fraction of sp³-hybridized carbons (Fsp3) is 1.00. The van der Waals surface area contributed by atoms with Crippen molar-refractivity contribution >= 4 is 23.5 Å². The van der Waals surface area contributed by atoms with Crippen LogP contribution in [0.5, 0.6) is 0 Å². The molecule has 0 N–H and O–H groups in total. The van der Waals surface area contributed by atoms with Gasteiger partial charge in [0.1, 0.15) is 19.0 Å². The molecule has 0 radical (unpaired) electrons. The number of morpholine rings is 2. The van der Waals surface area contributed by atoms with Crippen LogP contribution >= 0.6 is 23.5 Å². The van der Waals surface area contributed by atoms with Crippen LogP contribution in [0.2, 0.25) is 0 Å². The molecule has 6 heteroatoms. The van der Waals surface area contributed by atoms with Crippen LogP contribution in [0.1, 0.15) is 0 Å². The topological polar surface area (TPSA) is 21.7 Å². The summed E-state index contributed by atoms with van der Waals surface area (Å²) in [5.41, 5.74) is 0. The van der Waals surface area contributed by atoms with E-state index in [9.17, 15) is 0 Å². The lowest BCUT2D eigenvalue weighted by atomic mass is 10.3. The Kier molecular flexibility index (Phi) is 5.34. The number of thioether (sulfide) groups is 2. The number of hydrogen-bond donors (Lipinski definition) is 0. The highest BCUT2D eigenvalue weighted by Gasteiger charge is 2.39. The second kappa shape index (κ2) is 7.00. The fourth-order valence-electron chi connectivity index (χ4n) is 2.99. The van der Waals surface area contributed by atoms with E-state index < -0.39 is 0 Å². The van der Waals surface area contributed by atoms with Crippen molar-refractivity contribution in [1.82, 2.24) is 4.90 Å². The molecule has 0 saturated carbocycles. The molecule has 3 heterocycles. The highest BCUT2D eigenvalue weighted by atomic mass is 32.2. The van der Waals surface area contributed by atoms with Crippen LogP contribution in [0, 0.1) is 0 Å². The maximum absolute atomic E-state index is 5.50. The Morgan fingerprint density at radius 2 is 1.84 bits per heavy atom. The molecule has 0 aliphatic carbocycles. The van der Waals surface area contributed by atoms with Gasteiger partial charge >= 0.3 is 0 Å². The SMILES string of the molecule is C1CN(CSCC2C[N+]3(CCOCC3)CS2)CCO1. The fourth-order valence-corrected chi connectivity index (χ4v) is 5.96. The largest absolute Gasteiger partial charge is 0.379 e. The molecule has 0 amide bonds. The summed E-state index contributed by atoms with van der Waals surface area (Å²) in [7, 11) is 0. The first-order valence-electron chi connectivity index (χ1n) is 7.29. The van der Waals surface area contributed by atoms with Crippen molar-refractivity contribution in [2.24, 2.45) is 0 Å². The van der Waals surface area contributed by atoms with Crippen LogP contribution in [0.15, 0.2) is 0 Å². The third-order valence-corrected chi connectivity index (χ3v) is 7.16. The Morgan fingerprint density at radius 1 is 1.11 bits per heavy atom. The van der Waals surface area contributed by atoms with Crippen LogP contribution in [-0.2, 0) is 9.47 Å². The summed E-state index contributed by atoms with van der Waals surface area (Å²) in [5.74, 6) is 3.80. The van der Waals surface area contributed by atoms with Gasteiger partial charge in [-0.05, 0) is 0 Å². The van der Waals surface area contributed by atoms with Gasteiger partial charge in [-0.3, -0.25) is 4.90 Å². The van der Waals surface area contributed by atoms with Gasteiger partial charge in [0.05, 0.1) is 38.2 Å². The summed E-state index contributed by atoms with van der Waals surface area (Å²) in [6.45, 7) is 9.82. The lowest BCUT2D eigenvalue weighted by Gasteiger charge is -2.36. The minimum atomic E-state index is 0.851. The van der Waals surface area contributed by atoms with E-state index in [1.165, 1.54) is 41.6 Å². The smallest absolute Gasteiger partial charge is 0.126 e. The van der Waals surface area contributed by atoms with Gasteiger partial charge in [-0.1, -0.05) is 11.8 Å². The van der Waals surface area contributed by atoms with Gasteiger partial charge < -0.3 is 14.0 Å². The van der Waals surface area contributed by atoms with Gasteiger partial charge in [0, 0.05) is 24.7 Å². The first-order valence-corrected chi connectivity index (χ1v) is 9.49. The van der Waals surface area contributed by atoms with Crippen LogP contribution in [0.4, 0.5) is 0 Å². The highest BCUT2D eigenvalue weighted by Crippen LogP contribution is 2.32. The van der Waals surface area contributed by atoms with Crippen molar-refractivity contribution in [3.63, 3.8) is 0 Å². The molecule has 0 bridgehead atoms. The second-order valence-electron chi connectivity index (χ2n) is 5.73. The summed E-state index contributed by atoms with van der Waals surface area (Å²) in [4.78, 5) is 2.52. The normalized spacial score (nSPS) is 31.9. The Balaban J connectivity index is 1.35. The Bertz CT molecular complexity index is 282. The third-order valence-electron chi connectivity index (χ3n) is 4.28. The molecule has 0 aromatic carbocycles. The molecule has 1 spiro atoms. The molecule has 3 fully saturated rings. The molecule has 0 aromatic heterocycles. The molecular weight excluding hydrogens is 280 g/mol. The number of rotatable bonds is 4. The number of ether oxygens (including phenoxy) is 2. The van der Waals surface area contributed by atoms with Crippen molar-refractivity contribution in [2.45, 2.75) is 5.25 Å². The second-order valence-corrected chi connectivity index (χ2v) is 7.99. The van der Waals surface area contributed by atoms with Crippen molar-refractivity contribution in [2.75, 3.05) is 76.7 Å².